The second-order valence-corrected chi connectivity index (χ2v) is 8.18. The summed E-state index contributed by atoms with van der Waals surface area (Å²) in [4.78, 5) is 24.7. The number of Topliss-reactive ketones (excluding diaryl/α,β-unsaturated/α-hetero) is 1. The maximum Gasteiger partial charge on any atom is 0.234 e. The number of nitriles is 1. The molecule has 0 aliphatic carbocycles. The van der Waals surface area contributed by atoms with Crippen LogP contribution in [0.4, 0.5) is 5.69 Å². The lowest BCUT2D eigenvalue weighted by atomic mass is 9.81. The van der Waals surface area contributed by atoms with Crippen molar-refractivity contribution in [2.24, 2.45) is 0 Å². The van der Waals surface area contributed by atoms with Crippen LogP contribution in [-0.4, -0.2) is 17.4 Å². The van der Waals surface area contributed by atoms with Gasteiger partial charge in [-0.3, -0.25) is 9.59 Å². The Bertz CT molecular complexity index is 1070. The lowest BCUT2D eigenvalue weighted by molar-refractivity contribution is -0.114. The smallest absolute Gasteiger partial charge is 0.234 e. The molecule has 0 radical (unpaired) electrons. The van der Waals surface area contributed by atoms with E-state index in [0.717, 1.165) is 5.56 Å². The van der Waals surface area contributed by atoms with Gasteiger partial charge in [-0.25, -0.2) is 0 Å². The number of hydrogen-bond donors (Lipinski definition) is 2. The molecule has 0 unspecified atom stereocenters. The number of hydrogen-bond acceptors (Lipinski definition) is 5. The van der Waals surface area contributed by atoms with Crippen molar-refractivity contribution in [3.8, 4) is 6.07 Å². The van der Waals surface area contributed by atoms with Gasteiger partial charge >= 0.3 is 0 Å². The molecule has 0 saturated carbocycles. The van der Waals surface area contributed by atoms with Gasteiger partial charge in [-0.15, -0.1) is 0 Å². The Balaban J connectivity index is 1.88. The predicted octanol–water partition coefficient (Wildman–Crippen LogP) is 5.00. The number of allylic oxidation sites excluding steroid dienone is 3. The van der Waals surface area contributed by atoms with Gasteiger partial charge in [0.1, 0.15) is 0 Å². The summed E-state index contributed by atoms with van der Waals surface area (Å²) in [6.07, 6.45) is 0. The van der Waals surface area contributed by atoms with E-state index >= 15 is 0 Å². The largest absolute Gasteiger partial charge is 0.353 e. The molecule has 1 amide bonds. The van der Waals surface area contributed by atoms with Crippen molar-refractivity contribution in [2.75, 3.05) is 11.1 Å². The number of ketones is 1. The molecule has 0 bridgehead atoms. The van der Waals surface area contributed by atoms with Gasteiger partial charge in [0.2, 0.25) is 5.91 Å². The quantitative estimate of drug-likeness (QED) is 0.664. The van der Waals surface area contributed by atoms with E-state index in [1.165, 1.54) is 18.7 Å². The van der Waals surface area contributed by atoms with Crippen molar-refractivity contribution in [3.63, 3.8) is 0 Å². The fourth-order valence-corrected chi connectivity index (χ4v) is 4.36. The third kappa shape index (κ3) is 4.93. The van der Waals surface area contributed by atoms with Crippen molar-refractivity contribution in [2.45, 2.75) is 19.8 Å². The Morgan fingerprint density at radius 1 is 1.17 bits per heavy atom. The predicted molar refractivity (Wildman–Crippen MR) is 121 cm³/mol. The summed E-state index contributed by atoms with van der Waals surface area (Å²) in [6.45, 7) is 3.29. The Hall–Kier alpha value is -3.01. The molecule has 0 saturated heterocycles. The van der Waals surface area contributed by atoms with E-state index in [2.05, 4.69) is 16.7 Å². The maximum atomic E-state index is 12.4. The van der Waals surface area contributed by atoms with Crippen LogP contribution in [0.25, 0.3) is 0 Å². The maximum absolute atomic E-state index is 12.4. The first-order valence-electron chi connectivity index (χ1n) is 9.27. The number of para-hydroxylation sites is 1. The molecule has 152 valence electrons. The van der Waals surface area contributed by atoms with Crippen LogP contribution in [0.15, 0.2) is 76.5 Å². The van der Waals surface area contributed by atoms with E-state index in [4.69, 9.17) is 11.6 Å². The molecule has 0 aromatic heterocycles. The van der Waals surface area contributed by atoms with Gasteiger partial charge < -0.3 is 10.6 Å². The zero-order valence-electron chi connectivity index (χ0n) is 16.5. The SMILES string of the molecule is CC(=O)C1=C(C)NC(SCC(=O)Nc2ccccc2)=C(C#N)[C@@H]1c1ccc(Cl)cc1. The lowest BCUT2D eigenvalue weighted by Gasteiger charge is -2.29. The fraction of sp³-hybridized carbons (Fsp3) is 0.174. The average molecular weight is 438 g/mol. The number of carbonyl (C=O) groups excluding carboxylic acids is 2. The first-order chi connectivity index (χ1) is 14.4. The molecule has 2 aromatic carbocycles. The van der Waals surface area contributed by atoms with Gasteiger partial charge in [0.25, 0.3) is 0 Å². The number of dihydropyridines is 1. The van der Waals surface area contributed by atoms with Crippen LogP contribution in [0.1, 0.15) is 25.3 Å². The lowest BCUT2D eigenvalue weighted by Crippen LogP contribution is -2.27. The van der Waals surface area contributed by atoms with Crippen molar-refractivity contribution in [1.29, 1.82) is 5.26 Å². The Labute approximate surface area is 184 Å². The second kappa shape index (κ2) is 9.66. The molecule has 0 spiro atoms. The molecule has 1 aliphatic rings. The molecule has 1 aliphatic heterocycles. The van der Waals surface area contributed by atoms with E-state index in [9.17, 15) is 14.9 Å². The Morgan fingerprint density at radius 2 is 1.83 bits per heavy atom. The highest BCUT2D eigenvalue weighted by atomic mass is 35.5. The molecule has 0 fully saturated rings. The van der Waals surface area contributed by atoms with Gasteiger partial charge in [0, 0.05) is 22.0 Å². The third-order valence-corrected chi connectivity index (χ3v) is 5.90. The average Bonchev–Trinajstić information content (AvgIpc) is 2.72. The van der Waals surface area contributed by atoms with Crippen molar-refractivity contribution >= 4 is 40.7 Å². The number of thioether (sulfide) groups is 1. The molecule has 2 aromatic rings. The summed E-state index contributed by atoms with van der Waals surface area (Å²) >= 11 is 7.25. The molecule has 1 heterocycles. The first-order valence-corrected chi connectivity index (χ1v) is 10.6. The standard InChI is InChI=1S/C23H20ClN3O2S/c1-14-21(15(2)28)22(16-8-10-17(24)11-9-16)19(12-25)23(26-14)30-13-20(29)27-18-6-4-3-5-7-18/h3-11,22,26H,13H2,1-2H3,(H,27,29)/t22-/m0/s1. The van der Waals surface area contributed by atoms with Crippen LogP contribution >= 0.6 is 23.4 Å². The minimum absolute atomic E-state index is 0.112. The van der Waals surface area contributed by atoms with E-state index in [1.54, 1.807) is 19.1 Å². The molecular weight excluding hydrogens is 418 g/mol. The van der Waals surface area contributed by atoms with Crippen molar-refractivity contribution in [3.05, 3.63) is 87.1 Å². The molecule has 7 heteroatoms. The number of benzene rings is 2. The number of amides is 1. The van der Waals surface area contributed by atoms with Gasteiger partial charge in [0.05, 0.1) is 28.3 Å². The summed E-state index contributed by atoms with van der Waals surface area (Å²) in [5.74, 6) is -0.678. The van der Waals surface area contributed by atoms with Crippen LogP contribution in [0.3, 0.4) is 0 Å². The highest BCUT2D eigenvalue weighted by Crippen LogP contribution is 2.41. The van der Waals surface area contributed by atoms with E-state index in [1.807, 2.05) is 42.5 Å². The highest BCUT2D eigenvalue weighted by Gasteiger charge is 2.33. The molecular formula is C23H20ClN3O2S. The monoisotopic (exact) mass is 437 g/mol. The number of nitrogens with zero attached hydrogens (tertiary/aromatic N) is 1. The van der Waals surface area contributed by atoms with Crippen LogP contribution in [0.5, 0.6) is 0 Å². The first kappa shape index (κ1) is 21.7. The number of halogens is 1. The number of rotatable bonds is 6. The molecule has 1 atom stereocenters. The fourth-order valence-electron chi connectivity index (χ4n) is 3.34. The topological polar surface area (TPSA) is 82.0 Å². The number of anilines is 1. The number of carbonyl (C=O) groups is 2. The van der Waals surface area contributed by atoms with E-state index < -0.39 is 5.92 Å². The summed E-state index contributed by atoms with van der Waals surface area (Å²) in [7, 11) is 0. The summed E-state index contributed by atoms with van der Waals surface area (Å²) < 4.78 is 0. The summed E-state index contributed by atoms with van der Waals surface area (Å²) in [6, 6.07) is 18.5. The normalized spacial score (nSPS) is 16.0. The minimum atomic E-state index is -0.509. The van der Waals surface area contributed by atoms with Gasteiger partial charge in [0.15, 0.2) is 5.78 Å². The minimum Gasteiger partial charge on any atom is -0.353 e. The Morgan fingerprint density at radius 3 is 2.43 bits per heavy atom. The molecule has 30 heavy (non-hydrogen) atoms. The summed E-state index contributed by atoms with van der Waals surface area (Å²) in [5, 5.41) is 17.0. The highest BCUT2D eigenvalue weighted by molar-refractivity contribution is 8.03. The van der Waals surface area contributed by atoms with E-state index in [0.29, 0.717) is 32.6 Å². The third-order valence-electron chi connectivity index (χ3n) is 4.64. The van der Waals surface area contributed by atoms with Crippen LogP contribution in [-0.2, 0) is 9.59 Å². The van der Waals surface area contributed by atoms with Crippen LogP contribution < -0.4 is 10.6 Å². The zero-order chi connectivity index (χ0) is 21.7. The van der Waals surface area contributed by atoms with Crippen LogP contribution in [0, 0.1) is 11.3 Å². The van der Waals surface area contributed by atoms with Crippen LogP contribution in [0.2, 0.25) is 5.02 Å². The molecule has 2 N–H and O–H groups in total. The second-order valence-electron chi connectivity index (χ2n) is 6.76. The molecule has 5 nitrogen and oxygen atoms in total. The van der Waals surface area contributed by atoms with Gasteiger partial charge in [-0.05, 0) is 43.7 Å². The van der Waals surface area contributed by atoms with E-state index in [-0.39, 0.29) is 17.4 Å². The summed E-state index contributed by atoms with van der Waals surface area (Å²) in [5.41, 5.74) is 3.13. The Kier molecular flexibility index (Phi) is 6.99. The van der Waals surface area contributed by atoms with Gasteiger partial charge in [-0.2, -0.15) is 5.26 Å². The number of nitrogens with one attached hydrogen (secondary N) is 2. The molecule has 3 rings (SSSR count). The van der Waals surface area contributed by atoms with Crippen molar-refractivity contribution < 1.29 is 9.59 Å². The zero-order valence-corrected chi connectivity index (χ0v) is 18.1. The van der Waals surface area contributed by atoms with Crippen molar-refractivity contribution in [1.82, 2.24) is 5.32 Å². The van der Waals surface area contributed by atoms with Gasteiger partial charge in [-0.1, -0.05) is 53.7 Å².